The van der Waals surface area contributed by atoms with Gasteiger partial charge in [-0.25, -0.2) is 0 Å². The Morgan fingerprint density at radius 2 is 2.33 bits per heavy atom. The molecule has 1 rings (SSSR count). The highest BCUT2D eigenvalue weighted by Crippen LogP contribution is 2.25. The molecule has 0 aliphatic carbocycles. The summed E-state index contributed by atoms with van der Waals surface area (Å²) in [5, 5.41) is 12.1. The summed E-state index contributed by atoms with van der Waals surface area (Å²) in [7, 11) is 0. The Labute approximate surface area is 73.6 Å². The molecule has 4 nitrogen and oxygen atoms in total. The minimum atomic E-state index is 0.276. The zero-order valence-electron chi connectivity index (χ0n) is 5.90. The van der Waals surface area contributed by atoms with Crippen LogP contribution in [0.3, 0.4) is 0 Å². The Hall–Kier alpha value is -1.69. The molecule has 1 aromatic rings. The van der Waals surface area contributed by atoms with E-state index in [-0.39, 0.29) is 5.69 Å². The van der Waals surface area contributed by atoms with Crippen LogP contribution >= 0.6 is 11.6 Å². The van der Waals surface area contributed by atoms with Crippen molar-refractivity contribution in [3.05, 3.63) is 39.2 Å². The monoisotopic (exact) mass is 178 g/mol. The van der Waals surface area contributed by atoms with Crippen LogP contribution in [0.4, 0.5) is 5.69 Å². The highest BCUT2D eigenvalue weighted by molar-refractivity contribution is 6.33. The topological polar surface area (TPSA) is 72.5 Å². The summed E-state index contributed by atoms with van der Waals surface area (Å²) < 4.78 is 0. The van der Waals surface area contributed by atoms with Crippen LogP contribution in [0, 0.1) is 11.3 Å². The quantitative estimate of drug-likeness (QED) is 0.370. The molecule has 0 N–H and O–H groups in total. The summed E-state index contributed by atoms with van der Waals surface area (Å²) in [5.41, 5.74) is 8.82. The second kappa shape index (κ2) is 3.63. The zero-order valence-corrected chi connectivity index (χ0v) is 6.65. The van der Waals surface area contributed by atoms with Gasteiger partial charge in [-0.05, 0) is 23.7 Å². The van der Waals surface area contributed by atoms with Crippen molar-refractivity contribution in [3.63, 3.8) is 0 Å². The minimum absolute atomic E-state index is 0.276. The highest BCUT2D eigenvalue weighted by Gasteiger charge is 1.98. The molecule has 0 heterocycles. The molecule has 58 valence electrons. The Morgan fingerprint density at radius 3 is 2.92 bits per heavy atom. The second-order valence-corrected chi connectivity index (χ2v) is 2.37. The fourth-order valence-corrected chi connectivity index (χ4v) is 0.862. The molecule has 0 saturated carbocycles. The van der Waals surface area contributed by atoms with Crippen LogP contribution in [0.15, 0.2) is 23.3 Å². The van der Waals surface area contributed by atoms with Crippen LogP contribution in [-0.4, -0.2) is 0 Å². The van der Waals surface area contributed by atoms with Gasteiger partial charge in [0.15, 0.2) is 0 Å². The van der Waals surface area contributed by atoms with Crippen LogP contribution < -0.4 is 0 Å². The third kappa shape index (κ3) is 1.67. The predicted octanol–water partition coefficient (Wildman–Crippen LogP) is 3.15. The summed E-state index contributed by atoms with van der Waals surface area (Å²) in [6.45, 7) is 0. The number of benzene rings is 1. The molecule has 12 heavy (non-hydrogen) atoms. The van der Waals surface area contributed by atoms with Crippen LogP contribution in [0.25, 0.3) is 10.4 Å². The van der Waals surface area contributed by atoms with Crippen molar-refractivity contribution in [2.45, 2.75) is 0 Å². The van der Waals surface area contributed by atoms with Gasteiger partial charge in [-0.2, -0.15) is 5.26 Å². The molecular weight excluding hydrogens is 176 g/mol. The maximum atomic E-state index is 8.49. The van der Waals surface area contributed by atoms with Gasteiger partial charge in [-0.3, -0.25) is 0 Å². The summed E-state index contributed by atoms with van der Waals surface area (Å²) in [4.78, 5) is 2.57. The van der Waals surface area contributed by atoms with E-state index in [1.165, 1.54) is 12.1 Å². The van der Waals surface area contributed by atoms with Crippen LogP contribution in [0.5, 0.6) is 0 Å². The van der Waals surface area contributed by atoms with Crippen molar-refractivity contribution in [3.8, 4) is 6.07 Å². The first-order valence-electron chi connectivity index (χ1n) is 3.02. The van der Waals surface area contributed by atoms with Crippen molar-refractivity contribution >= 4 is 17.3 Å². The van der Waals surface area contributed by atoms with E-state index in [9.17, 15) is 0 Å². The second-order valence-electron chi connectivity index (χ2n) is 1.97. The van der Waals surface area contributed by atoms with Gasteiger partial charge < -0.3 is 0 Å². The maximum Gasteiger partial charge on any atom is 0.0991 e. The normalized spacial score (nSPS) is 8.33. The average Bonchev–Trinajstić information content (AvgIpc) is 2.09. The van der Waals surface area contributed by atoms with Gasteiger partial charge in [-0.1, -0.05) is 16.7 Å². The van der Waals surface area contributed by atoms with E-state index in [4.69, 9.17) is 22.4 Å². The molecule has 5 heteroatoms. The first-order valence-corrected chi connectivity index (χ1v) is 3.40. The highest BCUT2D eigenvalue weighted by atomic mass is 35.5. The average molecular weight is 179 g/mol. The number of hydrogen-bond acceptors (Lipinski definition) is 2. The Morgan fingerprint density at radius 1 is 1.58 bits per heavy atom. The largest absolute Gasteiger partial charge is 0.192 e. The number of halogens is 1. The molecule has 0 fully saturated rings. The number of hydrogen-bond donors (Lipinski definition) is 0. The van der Waals surface area contributed by atoms with Gasteiger partial charge >= 0.3 is 0 Å². The lowest BCUT2D eigenvalue weighted by molar-refractivity contribution is 1.44. The molecule has 0 amide bonds. The number of nitriles is 1. The summed E-state index contributed by atoms with van der Waals surface area (Å²) in [5.74, 6) is 0. The molecule has 0 aromatic heterocycles. The third-order valence-corrected chi connectivity index (χ3v) is 1.55. The molecule has 0 atom stereocenters. The molecule has 0 saturated heterocycles. The fourth-order valence-electron chi connectivity index (χ4n) is 0.707. The zero-order chi connectivity index (χ0) is 8.97. The molecule has 0 radical (unpaired) electrons. The Bertz CT molecular complexity index is 387. The third-order valence-electron chi connectivity index (χ3n) is 1.23. The fraction of sp³-hybridized carbons (Fsp3) is 0. The van der Waals surface area contributed by atoms with E-state index in [0.717, 1.165) is 0 Å². The molecular formula is C7H3ClN4. The minimum Gasteiger partial charge on any atom is -0.192 e. The Kier molecular flexibility index (Phi) is 2.54. The number of nitrogens with zero attached hydrogens (tertiary/aromatic N) is 4. The van der Waals surface area contributed by atoms with E-state index in [2.05, 4.69) is 10.0 Å². The van der Waals surface area contributed by atoms with Crippen molar-refractivity contribution in [2.75, 3.05) is 0 Å². The van der Waals surface area contributed by atoms with E-state index >= 15 is 0 Å². The van der Waals surface area contributed by atoms with Crippen LogP contribution in [0.2, 0.25) is 5.02 Å². The van der Waals surface area contributed by atoms with E-state index in [1.54, 1.807) is 6.07 Å². The molecule has 0 spiro atoms. The molecule has 1 aromatic carbocycles. The Balaban J connectivity index is 3.28. The number of azide groups is 1. The number of rotatable bonds is 1. The molecule has 0 aliphatic rings. The summed E-state index contributed by atoms with van der Waals surface area (Å²) in [6.07, 6.45) is 0. The SMILES string of the molecule is N#Cc1ccc(Cl)c(N=[N+]=[N-])c1. The molecule has 0 unspecified atom stereocenters. The lowest BCUT2D eigenvalue weighted by Crippen LogP contribution is -1.72. The standard InChI is InChI=1S/C7H3ClN4/c8-6-2-1-5(4-9)3-7(6)11-12-10/h1-3H. The van der Waals surface area contributed by atoms with Gasteiger partial charge in [0.2, 0.25) is 0 Å². The van der Waals surface area contributed by atoms with Gasteiger partial charge in [0, 0.05) is 4.91 Å². The van der Waals surface area contributed by atoms with E-state index in [0.29, 0.717) is 10.6 Å². The van der Waals surface area contributed by atoms with Crippen molar-refractivity contribution in [2.24, 2.45) is 5.11 Å². The van der Waals surface area contributed by atoms with Gasteiger partial charge in [0.05, 0.1) is 22.3 Å². The van der Waals surface area contributed by atoms with E-state index < -0.39 is 0 Å². The first-order chi connectivity index (χ1) is 5.77. The van der Waals surface area contributed by atoms with Crippen LogP contribution in [0.1, 0.15) is 5.56 Å². The smallest absolute Gasteiger partial charge is 0.0991 e. The van der Waals surface area contributed by atoms with Crippen LogP contribution in [-0.2, 0) is 0 Å². The maximum absolute atomic E-state index is 8.49. The van der Waals surface area contributed by atoms with E-state index in [1.807, 2.05) is 6.07 Å². The van der Waals surface area contributed by atoms with Crippen molar-refractivity contribution in [1.82, 2.24) is 0 Å². The van der Waals surface area contributed by atoms with Crippen molar-refractivity contribution < 1.29 is 0 Å². The van der Waals surface area contributed by atoms with Gasteiger partial charge in [0.1, 0.15) is 0 Å². The summed E-state index contributed by atoms with van der Waals surface area (Å²) >= 11 is 5.66. The lowest BCUT2D eigenvalue weighted by Gasteiger charge is -1.94. The van der Waals surface area contributed by atoms with Gasteiger partial charge in [0.25, 0.3) is 0 Å². The molecule has 0 bridgehead atoms. The summed E-state index contributed by atoms with van der Waals surface area (Å²) in [6, 6.07) is 6.42. The van der Waals surface area contributed by atoms with Gasteiger partial charge in [-0.15, -0.1) is 0 Å². The first kappa shape index (κ1) is 8.41. The van der Waals surface area contributed by atoms with Crippen molar-refractivity contribution in [1.29, 1.82) is 5.26 Å². The predicted molar refractivity (Wildman–Crippen MR) is 45.0 cm³/mol. The molecule has 0 aliphatic heterocycles. The lowest BCUT2D eigenvalue weighted by atomic mass is 10.2.